The normalized spacial score (nSPS) is 26.9. The molecule has 3 N–H and O–H groups in total. The molecule has 2 aliphatic rings. The molecule has 1 aromatic rings. The van der Waals surface area contributed by atoms with Crippen molar-refractivity contribution in [1.82, 2.24) is 10.6 Å². The second-order valence-corrected chi connectivity index (χ2v) is 7.39. The van der Waals surface area contributed by atoms with E-state index < -0.39 is 6.10 Å². The van der Waals surface area contributed by atoms with E-state index in [4.69, 9.17) is 4.74 Å². The Hall–Kier alpha value is -0.950. The minimum atomic E-state index is -0.423. The Labute approximate surface area is 144 Å². The molecule has 126 valence electrons. The number of rotatable bonds is 4. The molecule has 0 bridgehead atoms. The first-order valence-corrected chi connectivity index (χ1v) is 8.91. The lowest BCUT2D eigenvalue weighted by Crippen LogP contribution is -2.48. The third kappa shape index (κ3) is 3.94. The largest absolute Gasteiger partial charge is 0.392 e. The topological polar surface area (TPSA) is 70.6 Å². The summed E-state index contributed by atoms with van der Waals surface area (Å²) in [6.07, 6.45) is 1.85. The number of aliphatic hydroxyl groups is 1. The van der Waals surface area contributed by atoms with Crippen LogP contribution in [0.2, 0.25) is 0 Å². The predicted octanol–water partition coefficient (Wildman–Crippen LogP) is 1.34. The number of amides is 1. The zero-order chi connectivity index (χ0) is 16.3. The highest BCUT2D eigenvalue weighted by molar-refractivity contribution is 9.10. The number of aliphatic hydroxyl groups excluding tert-OH is 1. The Morgan fingerprint density at radius 1 is 1.43 bits per heavy atom. The van der Waals surface area contributed by atoms with Gasteiger partial charge in [0.15, 0.2) is 0 Å². The third-order valence-electron chi connectivity index (χ3n) is 4.91. The number of hydrogen-bond donors (Lipinski definition) is 3. The van der Waals surface area contributed by atoms with Crippen molar-refractivity contribution in [2.45, 2.75) is 36.8 Å². The average Bonchev–Trinajstić information content (AvgIpc) is 3.00. The molecule has 2 atom stereocenters. The van der Waals surface area contributed by atoms with Gasteiger partial charge in [-0.2, -0.15) is 0 Å². The zero-order valence-electron chi connectivity index (χ0n) is 13.1. The van der Waals surface area contributed by atoms with Crippen molar-refractivity contribution >= 4 is 21.8 Å². The van der Waals surface area contributed by atoms with Gasteiger partial charge in [0, 0.05) is 36.2 Å². The first kappa shape index (κ1) is 16.9. The summed E-state index contributed by atoms with van der Waals surface area (Å²) in [6, 6.07) is 8.02. The van der Waals surface area contributed by atoms with Crippen molar-refractivity contribution in [1.29, 1.82) is 0 Å². The molecule has 0 spiro atoms. The molecule has 1 aromatic carbocycles. The van der Waals surface area contributed by atoms with Gasteiger partial charge in [-0.3, -0.25) is 4.79 Å². The Kier molecular flexibility index (Phi) is 5.36. The predicted molar refractivity (Wildman–Crippen MR) is 91.3 cm³/mol. The van der Waals surface area contributed by atoms with E-state index in [1.807, 2.05) is 12.1 Å². The summed E-state index contributed by atoms with van der Waals surface area (Å²) >= 11 is 3.54. The highest BCUT2D eigenvalue weighted by Crippen LogP contribution is 2.35. The van der Waals surface area contributed by atoms with E-state index in [2.05, 4.69) is 38.7 Å². The van der Waals surface area contributed by atoms with Gasteiger partial charge in [-0.1, -0.05) is 28.1 Å². The van der Waals surface area contributed by atoms with E-state index in [9.17, 15) is 9.90 Å². The molecule has 0 unspecified atom stereocenters. The van der Waals surface area contributed by atoms with Crippen molar-refractivity contribution in [3.63, 3.8) is 0 Å². The number of carbonyl (C=O) groups is 1. The lowest BCUT2D eigenvalue weighted by atomic mass is 9.74. The van der Waals surface area contributed by atoms with E-state index in [0.717, 1.165) is 17.3 Å². The van der Waals surface area contributed by atoms with E-state index in [0.29, 0.717) is 32.7 Å². The van der Waals surface area contributed by atoms with E-state index in [1.54, 1.807) is 0 Å². The quantitative estimate of drug-likeness (QED) is 0.734. The minimum Gasteiger partial charge on any atom is -0.392 e. The SMILES string of the molecule is O=C(NCC1(c2cccc(Br)c2)CCOCC1)[C@H]1C[C@@H](O)CN1. The summed E-state index contributed by atoms with van der Waals surface area (Å²) in [5.41, 5.74) is 1.14. The van der Waals surface area contributed by atoms with Crippen LogP contribution < -0.4 is 10.6 Å². The first-order valence-electron chi connectivity index (χ1n) is 8.12. The number of halogens is 1. The number of nitrogens with one attached hydrogen (secondary N) is 2. The van der Waals surface area contributed by atoms with Crippen molar-refractivity contribution in [2.24, 2.45) is 0 Å². The monoisotopic (exact) mass is 382 g/mol. The Morgan fingerprint density at radius 2 is 2.22 bits per heavy atom. The maximum Gasteiger partial charge on any atom is 0.237 e. The molecule has 0 aliphatic carbocycles. The van der Waals surface area contributed by atoms with Crippen molar-refractivity contribution in [3.8, 4) is 0 Å². The highest BCUT2D eigenvalue weighted by atomic mass is 79.9. The van der Waals surface area contributed by atoms with Crippen LogP contribution in [-0.4, -0.2) is 49.5 Å². The number of carbonyl (C=O) groups excluding carboxylic acids is 1. The lowest BCUT2D eigenvalue weighted by molar-refractivity contribution is -0.123. The fourth-order valence-corrected chi connectivity index (χ4v) is 3.84. The van der Waals surface area contributed by atoms with Crippen LogP contribution in [0.1, 0.15) is 24.8 Å². The summed E-state index contributed by atoms with van der Waals surface area (Å²) < 4.78 is 6.58. The van der Waals surface area contributed by atoms with E-state index in [1.165, 1.54) is 5.56 Å². The molecule has 2 aliphatic heterocycles. The van der Waals surface area contributed by atoms with Gasteiger partial charge in [0.2, 0.25) is 5.91 Å². The molecule has 2 fully saturated rings. The molecule has 2 saturated heterocycles. The molecule has 1 amide bonds. The molecule has 2 heterocycles. The van der Waals surface area contributed by atoms with Crippen LogP contribution in [0.25, 0.3) is 0 Å². The zero-order valence-corrected chi connectivity index (χ0v) is 14.6. The van der Waals surface area contributed by atoms with Crippen molar-refractivity contribution in [3.05, 3.63) is 34.3 Å². The van der Waals surface area contributed by atoms with Crippen LogP contribution >= 0.6 is 15.9 Å². The maximum absolute atomic E-state index is 12.3. The minimum absolute atomic E-state index is 0.0255. The van der Waals surface area contributed by atoms with Crippen LogP contribution in [0.15, 0.2) is 28.7 Å². The summed E-state index contributed by atoms with van der Waals surface area (Å²) in [5, 5.41) is 15.7. The van der Waals surface area contributed by atoms with Gasteiger partial charge in [-0.15, -0.1) is 0 Å². The van der Waals surface area contributed by atoms with Gasteiger partial charge < -0.3 is 20.5 Å². The van der Waals surface area contributed by atoms with Crippen molar-refractivity contribution in [2.75, 3.05) is 26.3 Å². The van der Waals surface area contributed by atoms with E-state index >= 15 is 0 Å². The molecule has 5 nitrogen and oxygen atoms in total. The average molecular weight is 383 g/mol. The van der Waals surface area contributed by atoms with Crippen molar-refractivity contribution < 1.29 is 14.6 Å². The Morgan fingerprint density at radius 3 is 2.87 bits per heavy atom. The number of benzene rings is 1. The van der Waals surface area contributed by atoms with Gasteiger partial charge in [-0.25, -0.2) is 0 Å². The van der Waals surface area contributed by atoms with Gasteiger partial charge >= 0.3 is 0 Å². The second-order valence-electron chi connectivity index (χ2n) is 6.47. The number of ether oxygens (including phenoxy) is 1. The lowest BCUT2D eigenvalue weighted by Gasteiger charge is -2.38. The Bertz CT molecular complexity index is 561. The summed E-state index contributed by atoms with van der Waals surface area (Å²) in [7, 11) is 0. The molecule has 0 aromatic heterocycles. The van der Waals surface area contributed by atoms with E-state index in [-0.39, 0.29) is 17.4 Å². The van der Waals surface area contributed by atoms with Gasteiger partial charge in [0.05, 0.1) is 12.1 Å². The molecule has 3 rings (SSSR count). The maximum atomic E-state index is 12.3. The molecule has 6 heteroatoms. The van der Waals surface area contributed by atoms with Gasteiger partial charge in [-0.05, 0) is 37.0 Å². The van der Waals surface area contributed by atoms with Crippen LogP contribution in [0.5, 0.6) is 0 Å². The summed E-state index contributed by atoms with van der Waals surface area (Å²) in [6.45, 7) is 2.51. The smallest absolute Gasteiger partial charge is 0.237 e. The van der Waals surface area contributed by atoms with Gasteiger partial charge in [0.1, 0.15) is 0 Å². The fraction of sp³-hybridized carbons (Fsp3) is 0.588. The summed E-state index contributed by atoms with van der Waals surface area (Å²) in [4.78, 5) is 12.3. The van der Waals surface area contributed by atoms with Crippen LogP contribution in [0, 0.1) is 0 Å². The van der Waals surface area contributed by atoms with Crippen LogP contribution in [0.4, 0.5) is 0 Å². The highest BCUT2D eigenvalue weighted by Gasteiger charge is 2.36. The van der Waals surface area contributed by atoms with Crippen LogP contribution in [0.3, 0.4) is 0 Å². The third-order valence-corrected chi connectivity index (χ3v) is 5.41. The Balaban J connectivity index is 1.71. The second kappa shape index (κ2) is 7.30. The van der Waals surface area contributed by atoms with Crippen LogP contribution in [-0.2, 0) is 14.9 Å². The molecular formula is C17H23BrN2O3. The summed E-state index contributed by atoms with van der Waals surface area (Å²) in [5.74, 6) is -0.0255. The number of β-amino-alcohol motifs (C(OH)–C–C–N with tert-alkyl or cyclic N) is 1. The molecule has 23 heavy (non-hydrogen) atoms. The molecule has 0 saturated carbocycles. The fourth-order valence-electron chi connectivity index (χ4n) is 3.44. The number of hydrogen-bond acceptors (Lipinski definition) is 4. The molecular weight excluding hydrogens is 360 g/mol. The first-order chi connectivity index (χ1) is 11.1. The van der Waals surface area contributed by atoms with Gasteiger partial charge in [0.25, 0.3) is 0 Å². The molecule has 0 radical (unpaired) electrons. The standard InChI is InChI=1S/C17H23BrN2O3/c18-13-3-1-2-12(8-13)17(4-6-23-7-5-17)11-20-16(22)15-9-14(21)10-19-15/h1-3,8,14-15,19,21H,4-7,9-11H2,(H,20,22)/t14-,15-/m1/s1.